The fourth-order valence-electron chi connectivity index (χ4n) is 3.31. The fraction of sp³-hybridized carbons (Fsp3) is 0.360. The van der Waals surface area contributed by atoms with Gasteiger partial charge in [-0.2, -0.15) is 9.78 Å². The Morgan fingerprint density at radius 2 is 1.91 bits per heavy atom. The number of carbonyl (C=O) groups excluding carboxylic acids is 1. The standard InChI is InChI=1S/C25H27Br2N3O5/c1-7-34-23(32)14(2)35-21-15(10-17(27)12-20(21)33-6)13-28-30-22(31)18-11-16(26)8-9-19(18)29-24(30)25(3,4)5/h8-14H,7H2,1-6H3/t14-/m0/s1. The summed E-state index contributed by atoms with van der Waals surface area (Å²) in [5.41, 5.74) is 0.311. The van der Waals surface area contributed by atoms with Gasteiger partial charge in [0.15, 0.2) is 17.6 Å². The summed E-state index contributed by atoms with van der Waals surface area (Å²) in [5, 5.41) is 4.95. The Bertz CT molecular complexity index is 1350. The highest BCUT2D eigenvalue weighted by atomic mass is 79.9. The quantitative estimate of drug-likeness (QED) is 0.262. The molecule has 0 aliphatic heterocycles. The summed E-state index contributed by atoms with van der Waals surface area (Å²) in [5.74, 6) is 0.677. The molecule has 0 amide bonds. The average Bonchev–Trinajstić information content (AvgIpc) is 2.79. The van der Waals surface area contributed by atoms with E-state index in [-0.39, 0.29) is 12.2 Å². The van der Waals surface area contributed by atoms with Gasteiger partial charge >= 0.3 is 5.97 Å². The highest BCUT2D eigenvalue weighted by Gasteiger charge is 2.24. The van der Waals surface area contributed by atoms with E-state index in [2.05, 4.69) is 37.0 Å². The molecule has 1 atom stereocenters. The maximum Gasteiger partial charge on any atom is 0.347 e. The van der Waals surface area contributed by atoms with E-state index in [9.17, 15) is 9.59 Å². The normalized spacial score (nSPS) is 12.7. The molecule has 3 rings (SSSR count). The van der Waals surface area contributed by atoms with E-state index in [4.69, 9.17) is 19.2 Å². The third kappa shape index (κ3) is 6.10. The van der Waals surface area contributed by atoms with Gasteiger partial charge in [-0.15, -0.1) is 0 Å². The van der Waals surface area contributed by atoms with E-state index in [0.717, 1.165) is 4.47 Å². The molecule has 1 heterocycles. The van der Waals surface area contributed by atoms with E-state index in [1.165, 1.54) is 18.0 Å². The van der Waals surface area contributed by atoms with Crippen LogP contribution >= 0.6 is 31.9 Å². The van der Waals surface area contributed by atoms with E-state index in [1.807, 2.05) is 26.8 Å². The predicted octanol–water partition coefficient (Wildman–Crippen LogP) is 5.44. The lowest BCUT2D eigenvalue weighted by atomic mass is 9.95. The van der Waals surface area contributed by atoms with Crippen LogP contribution in [0.4, 0.5) is 0 Å². The van der Waals surface area contributed by atoms with E-state index >= 15 is 0 Å². The molecule has 35 heavy (non-hydrogen) atoms. The third-order valence-electron chi connectivity index (χ3n) is 4.97. The number of hydrogen-bond acceptors (Lipinski definition) is 7. The van der Waals surface area contributed by atoms with Crippen molar-refractivity contribution in [3.63, 3.8) is 0 Å². The number of esters is 1. The molecule has 0 saturated heterocycles. The summed E-state index contributed by atoms with van der Waals surface area (Å²) < 4.78 is 19.2. The molecular weight excluding hydrogens is 582 g/mol. The van der Waals surface area contributed by atoms with Gasteiger partial charge in [0.2, 0.25) is 0 Å². The first-order valence-corrected chi connectivity index (χ1v) is 12.5. The van der Waals surface area contributed by atoms with E-state index < -0.39 is 17.5 Å². The summed E-state index contributed by atoms with van der Waals surface area (Å²) in [7, 11) is 1.50. The second-order valence-electron chi connectivity index (χ2n) is 8.75. The molecule has 0 unspecified atom stereocenters. The molecule has 10 heteroatoms. The van der Waals surface area contributed by atoms with Crippen LogP contribution in [0.3, 0.4) is 0 Å². The molecule has 0 saturated carbocycles. The molecule has 0 radical (unpaired) electrons. The average molecular weight is 609 g/mol. The van der Waals surface area contributed by atoms with Gasteiger partial charge in [-0.1, -0.05) is 52.6 Å². The first-order valence-electron chi connectivity index (χ1n) is 10.9. The Kier molecular flexibility index (Phi) is 8.38. The maximum atomic E-state index is 13.4. The van der Waals surface area contributed by atoms with Crippen LogP contribution in [-0.4, -0.2) is 41.7 Å². The molecule has 0 aliphatic rings. The van der Waals surface area contributed by atoms with Crippen molar-refractivity contribution in [2.75, 3.05) is 13.7 Å². The van der Waals surface area contributed by atoms with Crippen LogP contribution in [-0.2, 0) is 14.9 Å². The lowest BCUT2D eigenvalue weighted by Crippen LogP contribution is -2.29. The van der Waals surface area contributed by atoms with Gasteiger partial charge in [0.25, 0.3) is 5.56 Å². The van der Waals surface area contributed by atoms with Crippen molar-refractivity contribution in [3.8, 4) is 11.5 Å². The van der Waals surface area contributed by atoms with Crippen molar-refractivity contribution in [3.05, 3.63) is 61.0 Å². The van der Waals surface area contributed by atoms with Crippen molar-refractivity contribution in [1.82, 2.24) is 9.66 Å². The zero-order chi connectivity index (χ0) is 25.9. The topological polar surface area (TPSA) is 92.0 Å². The molecule has 0 bridgehead atoms. The molecule has 0 N–H and O–H groups in total. The number of rotatable bonds is 7. The molecule has 3 aromatic rings. The van der Waals surface area contributed by atoms with E-state index in [1.54, 1.807) is 38.1 Å². The van der Waals surface area contributed by atoms with Crippen LogP contribution in [0.15, 0.2) is 49.2 Å². The van der Waals surface area contributed by atoms with Crippen LogP contribution in [0.5, 0.6) is 11.5 Å². The number of benzene rings is 2. The molecule has 2 aromatic carbocycles. The summed E-state index contributed by atoms with van der Waals surface area (Å²) >= 11 is 6.88. The number of ether oxygens (including phenoxy) is 3. The van der Waals surface area contributed by atoms with Crippen molar-refractivity contribution < 1.29 is 19.0 Å². The Morgan fingerprint density at radius 3 is 2.54 bits per heavy atom. The highest BCUT2D eigenvalue weighted by molar-refractivity contribution is 9.10. The van der Waals surface area contributed by atoms with Crippen LogP contribution in [0.2, 0.25) is 0 Å². The smallest absolute Gasteiger partial charge is 0.347 e. The monoisotopic (exact) mass is 607 g/mol. The maximum absolute atomic E-state index is 13.4. The lowest BCUT2D eigenvalue weighted by molar-refractivity contribution is -0.150. The molecule has 0 spiro atoms. The Hall–Kier alpha value is -2.72. The minimum Gasteiger partial charge on any atom is -0.493 e. The zero-order valence-corrected chi connectivity index (χ0v) is 23.6. The predicted molar refractivity (Wildman–Crippen MR) is 143 cm³/mol. The molecule has 0 aliphatic carbocycles. The number of carbonyl (C=O) groups is 1. The van der Waals surface area contributed by atoms with Crippen molar-refractivity contribution in [2.24, 2.45) is 5.10 Å². The number of hydrogen-bond donors (Lipinski definition) is 0. The van der Waals surface area contributed by atoms with Gasteiger partial charge in [0, 0.05) is 19.9 Å². The van der Waals surface area contributed by atoms with Gasteiger partial charge < -0.3 is 14.2 Å². The summed E-state index contributed by atoms with van der Waals surface area (Å²) in [6, 6.07) is 8.84. The highest BCUT2D eigenvalue weighted by Crippen LogP contribution is 2.35. The van der Waals surface area contributed by atoms with Gasteiger partial charge in [0.1, 0.15) is 5.82 Å². The fourth-order valence-corrected chi connectivity index (χ4v) is 4.12. The zero-order valence-electron chi connectivity index (χ0n) is 20.4. The summed E-state index contributed by atoms with van der Waals surface area (Å²) in [6.07, 6.45) is 0.604. The Morgan fingerprint density at radius 1 is 1.20 bits per heavy atom. The lowest BCUT2D eigenvalue weighted by Gasteiger charge is -2.21. The summed E-state index contributed by atoms with van der Waals surface area (Å²) in [6.45, 7) is 9.44. The number of halogens is 2. The Labute approximate surface area is 220 Å². The Balaban J connectivity index is 2.18. The number of fused-ring (bicyclic) bond motifs is 1. The van der Waals surface area contributed by atoms with Gasteiger partial charge in [-0.25, -0.2) is 9.78 Å². The second kappa shape index (κ2) is 10.9. The number of methoxy groups -OCH3 is 1. The minimum atomic E-state index is -0.885. The van der Waals surface area contributed by atoms with Crippen molar-refractivity contribution in [2.45, 2.75) is 46.1 Å². The molecule has 8 nitrogen and oxygen atoms in total. The molecule has 1 aromatic heterocycles. The molecule has 0 fully saturated rings. The van der Waals surface area contributed by atoms with Crippen LogP contribution < -0.4 is 15.0 Å². The minimum absolute atomic E-state index is 0.238. The van der Waals surface area contributed by atoms with Crippen LogP contribution in [0.25, 0.3) is 10.9 Å². The van der Waals surface area contributed by atoms with Gasteiger partial charge in [-0.3, -0.25) is 4.79 Å². The second-order valence-corrected chi connectivity index (χ2v) is 10.6. The number of aromatic nitrogens is 2. The third-order valence-corrected chi connectivity index (χ3v) is 5.92. The largest absolute Gasteiger partial charge is 0.493 e. The van der Waals surface area contributed by atoms with Crippen LogP contribution in [0.1, 0.15) is 46.0 Å². The van der Waals surface area contributed by atoms with Crippen LogP contribution in [0, 0.1) is 0 Å². The SMILES string of the molecule is CCOC(=O)[C@H](C)Oc1c(C=Nn2c(C(C)(C)C)nc3ccc(Br)cc3c2=O)cc(Br)cc1OC. The number of nitrogens with zero attached hydrogens (tertiary/aromatic N) is 3. The first kappa shape index (κ1) is 26.9. The molecular formula is C25H27Br2N3O5. The summed E-state index contributed by atoms with van der Waals surface area (Å²) in [4.78, 5) is 30.3. The van der Waals surface area contributed by atoms with Gasteiger partial charge in [-0.05, 0) is 44.2 Å². The van der Waals surface area contributed by atoms with Crippen molar-refractivity contribution >= 4 is 54.9 Å². The van der Waals surface area contributed by atoms with E-state index in [0.29, 0.717) is 38.3 Å². The molecule has 186 valence electrons. The van der Waals surface area contributed by atoms with Gasteiger partial charge in [0.05, 0.1) is 30.8 Å². The first-order chi connectivity index (χ1) is 16.5. The van der Waals surface area contributed by atoms with Crippen molar-refractivity contribution in [1.29, 1.82) is 0 Å².